The summed E-state index contributed by atoms with van der Waals surface area (Å²) >= 11 is 6.56. The van der Waals surface area contributed by atoms with E-state index in [4.69, 9.17) is 4.74 Å². The minimum absolute atomic E-state index is 0.282. The third-order valence-corrected chi connectivity index (χ3v) is 10.5. The smallest absolute Gasteiger partial charge is 0.339 e. The summed E-state index contributed by atoms with van der Waals surface area (Å²) in [4.78, 5) is 26.0. The molecule has 1 aromatic carbocycles. The Morgan fingerprint density at radius 3 is 2.31 bits per heavy atom. The van der Waals surface area contributed by atoms with Gasteiger partial charge in [-0.3, -0.25) is 9.52 Å². The number of benzene rings is 1. The van der Waals surface area contributed by atoms with Crippen molar-refractivity contribution in [3.8, 4) is 0 Å². The summed E-state index contributed by atoms with van der Waals surface area (Å²) < 4.78 is 34.5. The van der Waals surface area contributed by atoms with Crippen molar-refractivity contribution in [2.75, 3.05) is 6.26 Å². The monoisotopic (exact) mass is 755 g/mol. The van der Waals surface area contributed by atoms with Gasteiger partial charge in [0.25, 0.3) is 0 Å². The van der Waals surface area contributed by atoms with Crippen molar-refractivity contribution < 1.29 is 22.7 Å². The van der Waals surface area contributed by atoms with Gasteiger partial charge in [0.15, 0.2) is 0 Å². The van der Waals surface area contributed by atoms with Crippen LogP contribution in [0.3, 0.4) is 0 Å². The summed E-state index contributed by atoms with van der Waals surface area (Å²) in [5.41, 5.74) is -0.904. The molecule has 10 heteroatoms. The van der Waals surface area contributed by atoms with Crippen LogP contribution < -0.4 is 4.72 Å². The van der Waals surface area contributed by atoms with Gasteiger partial charge in [-0.2, -0.15) is 0 Å². The first kappa shape index (κ1) is 22.5. The SMILES string of the molecule is CS(=O)(=O)NC(=O)C12CC3CC(CC(OC(=O)c4cc(I)cc(I)c4I)(C3)C1)C2. The van der Waals surface area contributed by atoms with Crippen LogP contribution in [-0.4, -0.2) is 32.2 Å². The Kier molecular flexibility index (Phi) is 5.98. The maximum atomic E-state index is 13.1. The number of carbonyl (C=O) groups is 2. The molecule has 4 aliphatic rings. The lowest BCUT2D eigenvalue weighted by Gasteiger charge is -2.60. The molecule has 0 aromatic heterocycles. The third-order valence-electron chi connectivity index (χ3n) is 6.29. The molecular formula is C19H20I3NO5S. The highest BCUT2D eigenvalue weighted by Gasteiger charge is 2.62. The van der Waals surface area contributed by atoms with Crippen LogP contribution in [0.5, 0.6) is 0 Å². The predicted molar refractivity (Wildman–Crippen MR) is 133 cm³/mol. The van der Waals surface area contributed by atoms with E-state index in [1.54, 1.807) is 0 Å². The summed E-state index contributed by atoms with van der Waals surface area (Å²) in [7, 11) is -3.63. The fraction of sp³-hybridized carbons (Fsp3) is 0.579. The molecule has 0 aliphatic heterocycles. The zero-order valence-electron chi connectivity index (χ0n) is 15.6. The van der Waals surface area contributed by atoms with E-state index in [0.29, 0.717) is 24.8 Å². The van der Waals surface area contributed by atoms with Crippen LogP contribution in [0.1, 0.15) is 48.9 Å². The number of nitrogens with one attached hydrogen (secondary N) is 1. The molecule has 29 heavy (non-hydrogen) atoms. The van der Waals surface area contributed by atoms with Gasteiger partial charge in [0.05, 0.1) is 17.2 Å². The van der Waals surface area contributed by atoms with E-state index >= 15 is 0 Å². The Morgan fingerprint density at radius 2 is 1.72 bits per heavy atom. The topological polar surface area (TPSA) is 89.5 Å². The van der Waals surface area contributed by atoms with E-state index in [0.717, 1.165) is 36.2 Å². The van der Waals surface area contributed by atoms with Crippen molar-refractivity contribution in [3.05, 3.63) is 28.4 Å². The van der Waals surface area contributed by atoms with Gasteiger partial charge >= 0.3 is 5.97 Å². The van der Waals surface area contributed by atoms with Gasteiger partial charge in [-0.15, -0.1) is 0 Å². The second kappa shape index (κ2) is 7.71. The van der Waals surface area contributed by atoms with Crippen molar-refractivity contribution in [2.24, 2.45) is 17.3 Å². The quantitative estimate of drug-likeness (QED) is 0.285. The lowest BCUT2D eigenvalue weighted by Crippen LogP contribution is -2.61. The molecule has 0 spiro atoms. The minimum atomic E-state index is -3.63. The molecule has 158 valence electrons. The van der Waals surface area contributed by atoms with Crippen LogP contribution >= 0.6 is 67.8 Å². The molecule has 1 N–H and O–H groups in total. The summed E-state index contributed by atoms with van der Waals surface area (Å²) in [6.45, 7) is 0. The van der Waals surface area contributed by atoms with Gasteiger partial charge in [-0.05, 0) is 124 Å². The Bertz CT molecular complexity index is 995. The Balaban J connectivity index is 1.63. The molecule has 0 radical (unpaired) electrons. The molecule has 6 nitrogen and oxygen atoms in total. The summed E-state index contributed by atoms with van der Waals surface area (Å²) in [6, 6.07) is 3.84. The molecule has 4 fully saturated rings. The van der Waals surface area contributed by atoms with Crippen LogP contribution in [-0.2, 0) is 19.6 Å². The first-order valence-electron chi connectivity index (χ1n) is 9.30. The number of carbonyl (C=O) groups excluding carboxylic acids is 2. The lowest BCUT2D eigenvalue weighted by atomic mass is 9.47. The first-order valence-corrected chi connectivity index (χ1v) is 14.4. The van der Waals surface area contributed by atoms with Gasteiger partial charge < -0.3 is 4.74 Å². The maximum Gasteiger partial charge on any atom is 0.339 e. The number of rotatable bonds is 4. The van der Waals surface area contributed by atoms with Gasteiger partial charge in [0.2, 0.25) is 15.9 Å². The highest BCUT2D eigenvalue weighted by Crippen LogP contribution is 2.63. The molecular weight excluding hydrogens is 735 g/mol. The lowest BCUT2D eigenvalue weighted by molar-refractivity contribution is -0.178. The fourth-order valence-corrected chi connectivity index (χ4v) is 8.73. The van der Waals surface area contributed by atoms with Gasteiger partial charge in [0.1, 0.15) is 5.60 Å². The average molecular weight is 755 g/mol. The fourth-order valence-electron chi connectivity index (χ4n) is 5.80. The molecule has 4 aliphatic carbocycles. The summed E-state index contributed by atoms with van der Waals surface area (Å²) in [6.07, 6.45) is 5.26. The van der Waals surface area contributed by atoms with E-state index in [9.17, 15) is 18.0 Å². The highest BCUT2D eigenvalue weighted by atomic mass is 127. The standard InChI is InChI=1S/C19H20I3NO5S/c1-29(26,27)23-17(25)18-5-10-2-11(6-18)8-19(7-10,9-18)28-16(24)13-3-12(20)4-14(21)15(13)22/h3-4,10-11H,2,5-9H2,1H3,(H,23,25). The number of ether oxygens (including phenoxy) is 1. The summed E-state index contributed by atoms with van der Waals surface area (Å²) in [5.74, 6) is -0.228. The van der Waals surface area contributed by atoms with Crippen LogP contribution in [0.15, 0.2) is 12.1 Å². The highest BCUT2D eigenvalue weighted by molar-refractivity contribution is 14.1. The molecule has 5 rings (SSSR count). The molecule has 2 atom stereocenters. The van der Waals surface area contributed by atoms with Crippen molar-refractivity contribution in [1.29, 1.82) is 0 Å². The number of hydrogen-bond acceptors (Lipinski definition) is 5. The zero-order chi connectivity index (χ0) is 21.2. The van der Waals surface area contributed by atoms with E-state index < -0.39 is 26.9 Å². The Labute approximate surface area is 211 Å². The number of amides is 1. The zero-order valence-corrected chi connectivity index (χ0v) is 22.9. The second-order valence-electron chi connectivity index (χ2n) is 8.77. The van der Waals surface area contributed by atoms with Crippen molar-refractivity contribution in [3.63, 3.8) is 0 Å². The van der Waals surface area contributed by atoms with Crippen LogP contribution in [0.4, 0.5) is 0 Å². The first-order chi connectivity index (χ1) is 13.4. The van der Waals surface area contributed by atoms with Crippen molar-refractivity contribution in [1.82, 2.24) is 4.72 Å². The van der Waals surface area contributed by atoms with E-state index in [1.807, 2.05) is 12.1 Å². The summed E-state index contributed by atoms with van der Waals surface area (Å²) in [5, 5.41) is 0. The van der Waals surface area contributed by atoms with Gasteiger partial charge in [0, 0.05) is 17.1 Å². The molecule has 4 saturated carbocycles. The third kappa shape index (κ3) is 4.45. The van der Waals surface area contributed by atoms with E-state index in [2.05, 4.69) is 72.5 Å². The van der Waals surface area contributed by atoms with E-state index in [-0.39, 0.29) is 17.8 Å². The minimum Gasteiger partial charge on any atom is -0.455 e. The van der Waals surface area contributed by atoms with Crippen LogP contribution in [0.25, 0.3) is 0 Å². The normalized spacial score (nSPS) is 32.8. The van der Waals surface area contributed by atoms with Crippen LogP contribution in [0.2, 0.25) is 0 Å². The largest absolute Gasteiger partial charge is 0.455 e. The number of halogens is 3. The molecule has 0 heterocycles. The Hall–Kier alpha value is 0.300. The van der Waals surface area contributed by atoms with Gasteiger partial charge in [-0.25, -0.2) is 13.2 Å². The van der Waals surface area contributed by atoms with Crippen LogP contribution in [0, 0.1) is 28.0 Å². The number of sulfonamides is 1. The Morgan fingerprint density at radius 1 is 1.10 bits per heavy atom. The maximum absolute atomic E-state index is 13.1. The molecule has 0 saturated heterocycles. The number of hydrogen-bond donors (Lipinski definition) is 1. The van der Waals surface area contributed by atoms with Gasteiger partial charge in [-0.1, -0.05) is 0 Å². The van der Waals surface area contributed by atoms with E-state index in [1.165, 1.54) is 0 Å². The number of esters is 1. The predicted octanol–water partition coefficient (Wildman–Crippen LogP) is 4.07. The average Bonchev–Trinajstić information content (AvgIpc) is 2.54. The van der Waals surface area contributed by atoms with Crippen molar-refractivity contribution in [2.45, 2.75) is 44.1 Å². The molecule has 4 bridgehead atoms. The van der Waals surface area contributed by atoms with Crippen molar-refractivity contribution >= 4 is 89.7 Å². The molecule has 1 aromatic rings. The molecule has 2 unspecified atom stereocenters. The second-order valence-corrected chi connectivity index (χ2v) is 14.0. The molecule has 1 amide bonds.